The molecule has 0 fully saturated rings. The van der Waals surface area contributed by atoms with E-state index in [0.717, 1.165) is 22.4 Å². The van der Waals surface area contributed by atoms with Crippen molar-refractivity contribution in [2.24, 2.45) is 0 Å². The van der Waals surface area contributed by atoms with Gasteiger partial charge in [0.05, 0.1) is 11.0 Å². The summed E-state index contributed by atoms with van der Waals surface area (Å²) in [5, 5.41) is 4.94. The zero-order chi connectivity index (χ0) is 33.0. The van der Waals surface area contributed by atoms with Crippen LogP contribution >= 0.6 is 11.3 Å². The van der Waals surface area contributed by atoms with Crippen LogP contribution in [0.4, 0.5) is 0 Å². The van der Waals surface area contributed by atoms with Gasteiger partial charge in [0.15, 0.2) is 17.5 Å². The van der Waals surface area contributed by atoms with E-state index in [1.165, 1.54) is 53.1 Å². The molecule has 0 bridgehead atoms. The van der Waals surface area contributed by atoms with Gasteiger partial charge in [0.2, 0.25) is 0 Å². The molecule has 7 aromatic carbocycles. The third-order valence-corrected chi connectivity index (χ3v) is 10.7. The van der Waals surface area contributed by atoms with Crippen molar-refractivity contribution >= 4 is 53.3 Å². The highest BCUT2D eigenvalue weighted by atomic mass is 32.1. The first-order chi connectivity index (χ1) is 24.8. The maximum absolute atomic E-state index is 5.05. The molecule has 5 heteroatoms. The third-order valence-electron chi connectivity index (χ3n) is 9.46. The highest BCUT2D eigenvalue weighted by molar-refractivity contribution is 7.26. The van der Waals surface area contributed by atoms with Gasteiger partial charge < -0.3 is 4.57 Å². The fourth-order valence-corrected chi connectivity index (χ4v) is 8.28. The van der Waals surface area contributed by atoms with Crippen molar-refractivity contribution in [1.82, 2.24) is 19.5 Å². The molecular formula is C45H28N4S. The van der Waals surface area contributed by atoms with Crippen LogP contribution in [0.2, 0.25) is 0 Å². The summed E-state index contributed by atoms with van der Waals surface area (Å²) in [6.07, 6.45) is 0. The van der Waals surface area contributed by atoms with Crippen LogP contribution in [0, 0.1) is 0 Å². The summed E-state index contributed by atoms with van der Waals surface area (Å²) in [4.78, 5) is 15.0. The van der Waals surface area contributed by atoms with Crippen molar-refractivity contribution in [1.29, 1.82) is 0 Å². The molecule has 0 aliphatic rings. The molecule has 0 N–H and O–H groups in total. The molecule has 234 valence electrons. The lowest BCUT2D eigenvalue weighted by Crippen LogP contribution is -2.00. The molecule has 0 saturated carbocycles. The highest BCUT2D eigenvalue weighted by Crippen LogP contribution is 2.42. The fraction of sp³-hybridized carbons (Fsp3) is 0. The van der Waals surface area contributed by atoms with Crippen molar-refractivity contribution < 1.29 is 0 Å². The van der Waals surface area contributed by atoms with Crippen molar-refractivity contribution in [3.05, 3.63) is 170 Å². The number of nitrogens with zero attached hydrogens (tertiary/aromatic N) is 4. The van der Waals surface area contributed by atoms with Gasteiger partial charge in [0.1, 0.15) is 0 Å². The second kappa shape index (κ2) is 11.6. The number of aromatic nitrogens is 4. The second-order valence-corrected chi connectivity index (χ2v) is 13.5. The molecule has 0 radical (unpaired) electrons. The second-order valence-electron chi connectivity index (χ2n) is 12.5. The van der Waals surface area contributed by atoms with Crippen LogP contribution < -0.4 is 0 Å². The van der Waals surface area contributed by atoms with E-state index in [4.69, 9.17) is 15.0 Å². The summed E-state index contributed by atoms with van der Waals surface area (Å²) in [5.74, 6) is 2.01. The van der Waals surface area contributed by atoms with Gasteiger partial charge in [-0.2, -0.15) is 0 Å². The maximum atomic E-state index is 5.05. The smallest absolute Gasteiger partial charge is 0.165 e. The van der Waals surface area contributed by atoms with Crippen LogP contribution in [0.15, 0.2) is 170 Å². The minimum atomic E-state index is 0.665. The molecule has 0 saturated heterocycles. The molecular weight excluding hydrogens is 629 g/mol. The monoisotopic (exact) mass is 656 g/mol. The zero-order valence-corrected chi connectivity index (χ0v) is 27.7. The van der Waals surface area contributed by atoms with Gasteiger partial charge >= 0.3 is 0 Å². The average Bonchev–Trinajstić information content (AvgIpc) is 3.74. The van der Waals surface area contributed by atoms with Crippen molar-refractivity contribution in [3.8, 4) is 51.0 Å². The Labute approximate surface area is 292 Å². The quantitative estimate of drug-likeness (QED) is 0.185. The predicted molar refractivity (Wildman–Crippen MR) is 209 cm³/mol. The predicted octanol–water partition coefficient (Wildman–Crippen LogP) is 12.0. The first-order valence-electron chi connectivity index (χ1n) is 16.7. The molecule has 0 aliphatic heterocycles. The average molecular weight is 657 g/mol. The number of benzene rings is 7. The molecule has 3 aromatic heterocycles. The van der Waals surface area contributed by atoms with Crippen molar-refractivity contribution in [3.63, 3.8) is 0 Å². The first kappa shape index (κ1) is 28.6. The Morgan fingerprint density at radius 2 is 0.960 bits per heavy atom. The van der Waals surface area contributed by atoms with Gasteiger partial charge in [-0.15, -0.1) is 11.3 Å². The number of rotatable bonds is 5. The highest BCUT2D eigenvalue weighted by Gasteiger charge is 2.18. The van der Waals surface area contributed by atoms with E-state index in [1.807, 2.05) is 60.7 Å². The van der Waals surface area contributed by atoms with Crippen LogP contribution in [0.1, 0.15) is 0 Å². The summed E-state index contributed by atoms with van der Waals surface area (Å²) in [6.45, 7) is 0. The van der Waals surface area contributed by atoms with Crippen molar-refractivity contribution in [2.45, 2.75) is 0 Å². The molecule has 3 heterocycles. The molecule has 50 heavy (non-hydrogen) atoms. The molecule has 0 aliphatic carbocycles. The standard InChI is InChI=1S/C45H28N4S/c1-4-13-29(14-5-1)43-46-44(30-15-6-2-7-16-30)48-45(47-43)37-21-12-20-36-38-27-31(24-26-41(38)50-42(36)37)32-23-25-35-34-19-10-11-22-39(34)49(40(35)28-32)33-17-8-3-9-18-33/h1-28H. The molecule has 0 atom stereocenters. The Hall–Kier alpha value is -6.43. The number of hydrogen-bond acceptors (Lipinski definition) is 4. The van der Waals surface area contributed by atoms with Crippen molar-refractivity contribution in [2.75, 3.05) is 0 Å². The summed E-state index contributed by atoms with van der Waals surface area (Å²) < 4.78 is 4.78. The minimum absolute atomic E-state index is 0.665. The topological polar surface area (TPSA) is 43.6 Å². The van der Waals surface area contributed by atoms with E-state index in [1.54, 1.807) is 11.3 Å². The lowest BCUT2D eigenvalue weighted by molar-refractivity contribution is 1.08. The van der Waals surface area contributed by atoms with E-state index in [0.29, 0.717) is 17.5 Å². The molecule has 10 rings (SSSR count). The van der Waals surface area contributed by atoms with Crippen LogP contribution in [0.3, 0.4) is 0 Å². The molecule has 4 nitrogen and oxygen atoms in total. The summed E-state index contributed by atoms with van der Waals surface area (Å²) >= 11 is 1.79. The first-order valence-corrected chi connectivity index (χ1v) is 17.5. The molecule has 0 unspecified atom stereocenters. The van der Waals surface area contributed by atoms with E-state index in [-0.39, 0.29) is 0 Å². The number of thiophene rings is 1. The normalized spacial score (nSPS) is 11.6. The number of fused-ring (bicyclic) bond motifs is 6. The van der Waals surface area contributed by atoms with E-state index in [2.05, 4.69) is 114 Å². The van der Waals surface area contributed by atoms with E-state index < -0.39 is 0 Å². The van der Waals surface area contributed by atoms with Gasteiger partial charge in [-0.05, 0) is 53.6 Å². The Morgan fingerprint density at radius 3 is 1.70 bits per heavy atom. The molecule has 0 amide bonds. The summed E-state index contributed by atoms with van der Waals surface area (Å²) in [6, 6.07) is 59.8. The minimum Gasteiger partial charge on any atom is -0.309 e. The lowest BCUT2D eigenvalue weighted by atomic mass is 10.0. The SMILES string of the molecule is c1ccc(-c2nc(-c3ccccc3)nc(-c3cccc4c3sc3ccc(-c5ccc6c7ccccc7n(-c7ccccc7)c6c5)cc34)n2)cc1. The van der Waals surface area contributed by atoms with Gasteiger partial charge in [-0.25, -0.2) is 15.0 Å². The molecule has 10 aromatic rings. The van der Waals surface area contributed by atoms with Crippen LogP contribution in [0.25, 0.3) is 93.0 Å². The van der Waals surface area contributed by atoms with E-state index in [9.17, 15) is 0 Å². The maximum Gasteiger partial charge on any atom is 0.165 e. The van der Waals surface area contributed by atoms with Gasteiger partial charge in [0, 0.05) is 53.3 Å². The zero-order valence-electron chi connectivity index (χ0n) is 26.9. The summed E-state index contributed by atoms with van der Waals surface area (Å²) in [7, 11) is 0. The third kappa shape index (κ3) is 4.71. The van der Waals surface area contributed by atoms with E-state index >= 15 is 0 Å². The van der Waals surface area contributed by atoms with Crippen LogP contribution in [-0.4, -0.2) is 19.5 Å². The fourth-order valence-electron chi connectivity index (χ4n) is 7.09. The Kier molecular flexibility index (Phi) is 6.64. The Bertz CT molecular complexity index is 2800. The van der Waals surface area contributed by atoms with Crippen LogP contribution in [0.5, 0.6) is 0 Å². The number of hydrogen-bond donors (Lipinski definition) is 0. The lowest BCUT2D eigenvalue weighted by Gasteiger charge is -2.09. The van der Waals surface area contributed by atoms with Gasteiger partial charge in [-0.3, -0.25) is 0 Å². The molecule has 0 spiro atoms. The Morgan fingerprint density at radius 1 is 0.380 bits per heavy atom. The summed E-state index contributed by atoms with van der Waals surface area (Å²) in [5.41, 5.74) is 8.88. The Balaban J connectivity index is 1.13. The van der Waals surface area contributed by atoms with Gasteiger partial charge in [-0.1, -0.05) is 127 Å². The number of para-hydroxylation sites is 2. The van der Waals surface area contributed by atoms with Gasteiger partial charge in [0.25, 0.3) is 0 Å². The largest absolute Gasteiger partial charge is 0.309 e. The van der Waals surface area contributed by atoms with Crippen LogP contribution in [-0.2, 0) is 0 Å².